The largest absolute Gasteiger partial charge is 0.480 e. The average Bonchev–Trinajstić information content (AvgIpc) is 1.25. The summed E-state index contributed by atoms with van der Waals surface area (Å²) in [4.78, 5) is 7.56. The molecule has 3 N–H and O–H groups in total. The Hall–Kier alpha value is -0.0600. The van der Waals surface area contributed by atoms with Crippen LogP contribution in [0.5, 0.6) is 0 Å². The summed E-state index contributed by atoms with van der Waals surface area (Å²) in [6.45, 7) is 0. The van der Waals surface area contributed by atoms with E-state index in [2.05, 4.69) is 5.50 Å². The van der Waals surface area contributed by atoms with Crippen molar-refractivity contribution < 1.29 is 22.6 Å². The van der Waals surface area contributed by atoms with Crippen molar-refractivity contribution in [3.05, 3.63) is 0 Å². The summed E-state index contributed by atoms with van der Waals surface area (Å²) >= 11 is 0. The number of halogens is 3. The number of alkyl halides is 3. The minimum atomic E-state index is -5.35. The van der Waals surface area contributed by atoms with Crippen LogP contribution in [0.25, 0.3) is 0 Å². The molecule has 0 aliphatic rings. The molecule has 0 aliphatic carbocycles. The molecule has 0 aromatic heterocycles. The van der Waals surface area contributed by atoms with Crippen LogP contribution in [0.2, 0.25) is 0 Å². The SMILES string of the molecule is NP(=O)(O)C(F)(F)F. The number of nitrogens with two attached hydrogens (primary N) is 1. The van der Waals surface area contributed by atoms with Gasteiger partial charge in [0.25, 0.3) is 0 Å². The van der Waals surface area contributed by atoms with Crippen molar-refractivity contribution >= 4 is 7.52 Å². The fraction of sp³-hybridized carbons (Fsp3) is 1.00. The van der Waals surface area contributed by atoms with Gasteiger partial charge in [0.2, 0.25) is 0 Å². The Balaban J connectivity index is 4.26. The first kappa shape index (κ1) is 7.94. The van der Waals surface area contributed by atoms with E-state index in [1.54, 1.807) is 0 Å². The molecular weight excluding hydrogens is 146 g/mol. The highest BCUT2D eigenvalue weighted by Gasteiger charge is 2.47. The second kappa shape index (κ2) is 1.72. The molecule has 0 saturated heterocycles. The van der Waals surface area contributed by atoms with Crippen LogP contribution in [0.15, 0.2) is 0 Å². The van der Waals surface area contributed by atoms with Crippen LogP contribution in [-0.4, -0.2) is 10.8 Å². The van der Waals surface area contributed by atoms with E-state index in [4.69, 9.17) is 4.89 Å². The van der Waals surface area contributed by atoms with Gasteiger partial charge in [-0.25, -0.2) is 0 Å². The Morgan fingerprint density at radius 3 is 1.62 bits per heavy atom. The summed E-state index contributed by atoms with van der Waals surface area (Å²) in [5.74, 6) is -5.17. The van der Waals surface area contributed by atoms with Crippen LogP contribution in [0.1, 0.15) is 0 Å². The van der Waals surface area contributed by atoms with Gasteiger partial charge in [0, 0.05) is 0 Å². The van der Waals surface area contributed by atoms with E-state index in [0.717, 1.165) is 0 Å². The summed E-state index contributed by atoms with van der Waals surface area (Å²) in [7, 11) is -5.35. The smallest absolute Gasteiger partial charge is 0.327 e. The summed E-state index contributed by atoms with van der Waals surface area (Å²) in [6, 6.07) is 0. The lowest BCUT2D eigenvalue weighted by molar-refractivity contribution is -0.0553. The van der Waals surface area contributed by atoms with E-state index in [1.165, 1.54) is 0 Å². The van der Waals surface area contributed by atoms with E-state index in [1.807, 2.05) is 0 Å². The molecule has 3 nitrogen and oxygen atoms in total. The standard InChI is InChI=1S/CH3F3NO2P/c2-1(3,4)8(5,6)7/h(H3,5,6,7). The van der Waals surface area contributed by atoms with Crippen molar-refractivity contribution in [3.8, 4) is 0 Å². The third-order valence-electron chi connectivity index (χ3n) is 0.363. The van der Waals surface area contributed by atoms with Gasteiger partial charge in [-0.1, -0.05) is 0 Å². The molecule has 0 aromatic rings. The molecule has 0 heterocycles. The lowest BCUT2D eigenvalue weighted by atomic mass is 11.6. The Morgan fingerprint density at radius 2 is 1.62 bits per heavy atom. The Labute approximate surface area is 42.8 Å². The Bertz CT molecular complexity index is 124. The minimum Gasteiger partial charge on any atom is -0.327 e. The normalized spacial score (nSPS) is 20.1. The second-order valence-electron chi connectivity index (χ2n) is 1.09. The van der Waals surface area contributed by atoms with E-state index in [0.29, 0.717) is 0 Å². The van der Waals surface area contributed by atoms with E-state index >= 15 is 0 Å². The minimum absolute atomic E-state index is 3.80. The molecule has 0 saturated carbocycles. The number of hydrogen-bond acceptors (Lipinski definition) is 1. The van der Waals surface area contributed by atoms with Gasteiger partial charge < -0.3 is 4.89 Å². The van der Waals surface area contributed by atoms with E-state index in [-0.39, 0.29) is 0 Å². The van der Waals surface area contributed by atoms with Crippen LogP contribution in [0.3, 0.4) is 0 Å². The van der Waals surface area contributed by atoms with Gasteiger partial charge in [-0.2, -0.15) is 13.2 Å². The first-order valence-corrected chi connectivity index (χ1v) is 3.16. The van der Waals surface area contributed by atoms with E-state index in [9.17, 15) is 17.7 Å². The summed E-state index contributed by atoms with van der Waals surface area (Å²) in [5, 5.41) is 0. The number of rotatable bonds is 0. The maximum Gasteiger partial charge on any atom is 0.480 e. The fourth-order valence-corrected chi connectivity index (χ4v) is 0. The third kappa shape index (κ3) is 1.81. The molecule has 1 atom stereocenters. The molecule has 0 amide bonds. The van der Waals surface area contributed by atoms with Crippen LogP contribution in [-0.2, 0) is 4.57 Å². The van der Waals surface area contributed by atoms with Crippen LogP contribution in [0, 0.1) is 0 Å². The first-order chi connectivity index (χ1) is 3.25. The maximum absolute atomic E-state index is 10.9. The number of hydrogen-bond donors (Lipinski definition) is 2. The predicted molar refractivity (Wildman–Crippen MR) is 20.1 cm³/mol. The Kier molecular flexibility index (Phi) is 1.70. The van der Waals surface area contributed by atoms with Crippen molar-refractivity contribution in [2.45, 2.75) is 5.92 Å². The van der Waals surface area contributed by atoms with Gasteiger partial charge in [0.1, 0.15) is 0 Å². The molecule has 0 spiro atoms. The summed E-state index contributed by atoms with van der Waals surface area (Å²) in [5.41, 5.74) is 3.80. The zero-order valence-electron chi connectivity index (χ0n) is 3.51. The molecule has 8 heavy (non-hydrogen) atoms. The van der Waals surface area contributed by atoms with Crippen molar-refractivity contribution in [1.29, 1.82) is 0 Å². The monoisotopic (exact) mass is 149 g/mol. The Morgan fingerprint density at radius 1 is 1.50 bits per heavy atom. The zero-order valence-corrected chi connectivity index (χ0v) is 4.41. The molecular formula is CH3F3NO2P. The average molecular weight is 149 g/mol. The van der Waals surface area contributed by atoms with Gasteiger partial charge in [-0.15, -0.1) is 0 Å². The van der Waals surface area contributed by atoms with Gasteiger partial charge in [0.15, 0.2) is 0 Å². The van der Waals surface area contributed by atoms with Crippen LogP contribution in [0.4, 0.5) is 13.2 Å². The van der Waals surface area contributed by atoms with Gasteiger partial charge in [-0.05, 0) is 0 Å². The van der Waals surface area contributed by atoms with Crippen molar-refractivity contribution in [3.63, 3.8) is 0 Å². The van der Waals surface area contributed by atoms with Crippen molar-refractivity contribution in [1.82, 2.24) is 0 Å². The molecule has 0 aromatic carbocycles. The highest BCUT2D eigenvalue weighted by atomic mass is 31.2. The fourth-order valence-electron chi connectivity index (χ4n) is 0. The highest BCUT2D eigenvalue weighted by molar-refractivity contribution is 7.56. The predicted octanol–water partition coefficient (Wildman–Crippen LogP) is 0.650. The van der Waals surface area contributed by atoms with Gasteiger partial charge in [-0.3, -0.25) is 10.1 Å². The molecule has 0 radical (unpaired) electrons. The first-order valence-electron chi connectivity index (χ1n) is 1.43. The topological polar surface area (TPSA) is 63.3 Å². The van der Waals surface area contributed by atoms with Crippen LogP contribution < -0.4 is 5.50 Å². The zero-order chi connectivity index (χ0) is 7.00. The quantitative estimate of drug-likeness (QED) is 0.497. The molecule has 0 aliphatic heterocycles. The van der Waals surface area contributed by atoms with Crippen molar-refractivity contribution in [2.24, 2.45) is 5.50 Å². The highest BCUT2D eigenvalue weighted by Crippen LogP contribution is 2.50. The van der Waals surface area contributed by atoms with Crippen molar-refractivity contribution in [2.75, 3.05) is 0 Å². The maximum atomic E-state index is 10.9. The molecule has 0 fully saturated rings. The summed E-state index contributed by atoms with van der Waals surface area (Å²) in [6.07, 6.45) is 0. The second-order valence-corrected chi connectivity index (χ2v) is 2.84. The lowest BCUT2D eigenvalue weighted by Gasteiger charge is -2.06. The van der Waals surface area contributed by atoms with Gasteiger partial charge in [0.05, 0.1) is 0 Å². The third-order valence-corrected chi connectivity index (χ3v) is 1.09. The molecule has 50 valence electrons. The molecule has 0 rings (SSSR count). The summed E-state index contributed by atoms with van der Waals surface area (Å²) < 4.78 is 42.2. The van der Waals surface area contributed by atoms with Gasteiger partial charge >= 0.3 is 13.4 Å². The molecule has 1 unspecified atom stereocenters. The lowest BCUT2D eigenvalue weighted by Crippen LogP contribution is -2.14. The molecule has 7 heteroatoms. The molecule has 0 bridgehead atoms. The van der Waals surface area contributed by atoms with Crippen LogP contribution >= 0.6 is 7.52 Å². The van der Waals surface area contributed by atoms with E-state index < -0.39 is 13.4 Å².